The Morgan fingerprint density at radius 2 is 1.71 bits per heavy atom. The van der Waals surface area contributed by atoms with Crippen molar-refractivity contribution in [3.8, 4) is 0 Å². The van der Waals surface area contributed by atoms with Gasteiger partial charge in [0.15, 0.2) is 0 Å². The third-order valence-electron chi connectivity index (χ3n) is 4.27. The number of unbranched alkanes of at least 4 members (excludes halogenated alkanes) is 1. The summed E-state index contributed by atoms with van der Waals surface area (Å²) >= 11 is 0. The Hall–Kier alpha value is -0.860. The van der Waals surface area contributed by atoms with Crippen LogP contribution in [0.4, 0.5) is 0 Å². The molecule has 1 rings (SSSR count). The zero-order chi connectivity index (χ0) is 15.8. The summed E-state index contributed by atoms with van der Waals surface area (Å²) in [6.07, 6.45) is 4.72. The van der Waals surface area contributed by atoms with Gasteiger partial charge in [-0.3, -0.25) is 0 Å². The van der Waals surface area contributed by atoms with Gasteiger partial charge < -0.3 is 10.1 Å². The first-order valence-corrected chi connectivity index (χ1v) is 8.23. The van der Waals surface area contributed by atoms with Crippen LogP contribution in [0.5, 0.6) is 0 Å². The van der Waals surface area contributed by atoms with Crippen LogP contribution in [0, 0.1) is 0 Å². The first-order chi connectivity index (χ1) is 9.93. The van der Waals surface area contributed by atoms with Gasteiger partial charge in [-0.1, -0.05) is 43.7 Å². The predicted molar refractivity (Wildman–Crippen MR) is 91.9 cm³/mol. The molecule has 1 aromatic rings. The van der Waals surface area contributed by atoms with Gasteiger partial charge in [0.1, 0.15) is 0 Å². The van der Waals surface area contributed by atoms with Crippen LogP contribution >= 0.6 is 0 Å². The third-order valence-corrected chi connectivity index (χ3v) is 4.27. The van der Waals surface area contributed by atoms with Crippen LogP contribution in [0.15, 0.2) is 30.3 Å². The van der Waals surface area contributed by atoms with E-state index in [0.717, 1.165) is 26.0 Å². The minimum Gasteiger partial charge on any atom is -0.385 e. The molecule has 120 valence electrons. The molecule has 0 spiro atoms. The summed E-state index contributed by atoms with van der Waals surface area (Å²) in [7, 11) is 1.78. The molecule has 0 bridgehead atoms. The first kappa shape index (κ1) is 18.2. The van der Waals surface area contributed by atoms with E-state index in [1.807, 2.05) is 0 Å². The molecular weight excluding hydrogens is 258 g/mol. The lowest BCUT2D eigenvalue weighted by Gasteiger charge is -2.37. The molecule has 21 heavy (non-hydrogen) atoms. The lowest BCUT2D eigenvalue weighted by atomic mass is 9.73. The van der Waals surface area contributed by atoms with E-state index in [2.05, 4.69) is 63.3 Å². The lowest BCUT2D eigenvalue weighted by molar-refractivity contribution is 0.187. The minimum absolute atomic E-state index is 0.154. The first-order valence-electron chi connectivity index (χ1n) is 8.23. The number of rotatable bonds is 9. The van der Waals surface area contributed by atoms with Gasteiger partial charge in [-0.05, 0) is 45.6 Å². The highest BCUT2D eigenvalue weighted by Gasteiger charge is 2.30. The maximum Gasteiger partial charge on any atom is 0.0462 e. The number of benzene rings is 1. The van der Waals surface area contributed by atoms with Gasteiger partial charge in [-0.15, -0.1) is 0 Å². The summed E-state index contributed by atoms with van der Waals surface area (Å²) in [5, 5.41) is 3.72. The van der Waals surface area contributed by atoms with Crippen LogP contribution in [-0.4, -0.2) is 25.8 Å². The minimum atomic E-state index is 0.154. The van der Waals surface area contributed by atoms with Gasteiger partial charge in [0.25, 0.3) is 0 Å². The van der Waals surface area contributed by atoms with Crippen LogP contribution in [0.2, 0.25) is 0 Å². The summed E-state index contributed by atoms with van der Waals surface area (Å²) < 4.78 is 5.19. The zero-order valence-electron chi connectivity index (χ0n) is 14.5. The second kappa shape index (κ2) is 8.55. The average Bonchev–Trinajstić information content (AvgIpc) is 2.47. The number of methoxy groups -OCH3 is 1. The molecule has 1 aromatic carbocycles. The Morgan fingerprint density at radius 1 is 1.05 bits per heavy atom. The Balaban J connectivity index is 2.85. The second-order valence-electron chi connectivity index (χ2n) is 7.05. The van der Waals surface area contributed by atoms with Crippen molar-refractivity contribution in [3.05, 3.63) is 35.9 Å². The smallest absolute Gasteiger partial charge is 0.0462 e. The number of hydrogen-bond acceptors (Lipinski definition) is 2. The Kier molecular flexibility index (Phi) is 7.41. The molecule has 1 atom stereocenters. The van der Waals surface area contributed by atoms with Crippen LogP contribution < -0.4 is 5.32 Å². The number of nitrogens with one attached hydrogen (secondary N) is 1. The van der Waals surface area contributed by atoms with Gasteiger partial charge in [0.2, 0.25) is 0 Å². The summed E-state index contributed by atoms with van der Waals surface area (Å²) in [6, 6.07) is 11.0. The molecule has 0 saturated heterocycles. The van der Waals surface area contributed by atoms with Crippen molar-refractivity contribution < 1.29 is 4.74 Å². The molecular formula is C19H33NO. The molecule has 0 amide bonds. The third kappa shape index (κ3) is 6.19. The van der Waals surface area contributed by atoms with Gasteiger partial charge in [-0.25, -0.2) is 0 Å². The highest BCUT2D eigenvalue weighted by atomic mass is 16.5. The van der Waals surface area contributed by atoms with Crippen molar-refractivity contribution in [1.82, 2.24) is 5.32 Å². The summed E-state index contributed by atoms with van der Waals surface area (Å²) in [4.78, 5) is 0. The second-order valence-corrected chi connectivity index (χ2v) is 7.05. The van der Waals surface area contributed by atoms with Crippen LogP contribution in [0.25, 0.3) is 0 Å². The fourth-order valence-corrected chi connectivity index (χ4v) is 2.78. The van der Waals surface area contributed by atoms with E-state index < -0.39 is 0 Å². The molecule has 1 unspecified atom stereocenters. The molecule has 0 radical (unpaired) electrons. The lowest BCUT2D eigenvalue weighted by Crippen LogP contribution is -2.46. The molecule has 0 saturated carbocycles. The van der Waals surface area contributed by atoms with Gasteiger partial charge >= 0.3 is 0 Å². The highest BCUT2D eigenvalue weighted by Crippen LogP contribution is 2.33. The van der Waals surface area contributed by atoms with E-state index in [1.54, 1.807) is 7.11 Å². The van der Waals surface area contributed by atoms with E-state index in [9.17, 15) is 0 Å². The zero-order valence-corrected chi connectivity index (χ0v) is 14.5. The standard InChI is InChI=1S/C19H33NO/c1-6-19(14-10-11-15-21-5,16-20-18(2,3)4)17-12-8-7-9-13-17/h7-9,12-13,20H,6,10-11,14-16H2,1-5H3. The van der Waals surface area contributed by atoms with Crippen LogP contribution in [0.3, 0.4) is 0 Å². The van der Waals surface area contributed by atoms with Crippen molar-refractivity contribution in [2.45, 2.75) is 64.3 Å². The fourth-order valence-electron chi connectivity index (χ4n) is 2.78. The number of ether oxygens (including phenoxy) is 1. The largest absolute Gasteiger partial charge is 0.385 e. The predicted octanol–water partition coefficient (Wildman–Crippen LogP) is 4.54. The monoisotopic (exact) mass is 291 g/mol. The van der Waals surface area contributed by atoms with E-state index in [1.165, 1.54) is 18.4 Å². The van der Waals surface area contributed by atoms with E-state index >= 15 is 0 Å². The molecule has 0 fully saturated rings. The van der Waals surface area contributed by atoms with Crippen molar-refractivity contribution in [3.63, 3.8) is 0 Å². The van der Waals surface area contributed by atoms with Crippen molar-refractivity contribution in [1.29, 1.82) is 0 Å². The summed E-state index contributed by atoms with van der Waals surface area (Å²) in [5.41, 5.74) is 1.84. The van der Waals surface area contributed by atoms with Gasteiger partial charge in [0, 0.05) is 31.2 Å². The van der Waals surface area contributed by atoms with Crippen LogP contribution in [-0.2, 0) is 10.2 Å². The number of hydrogen-bond donors (Lipinski definition) is 1. The average molecular weight is 291 g/mol. The summed E-state index contributed by atoms with van der Waals surface area (Å²) in [5.74, 6) is 0. The maximum absolute atomic E-state index is 5.19. The normalized spacial score (nSPS) is 14.9. The SMILES string of the molecule is CCC(CCCCOC)(CNC(C)(C)C)c1ccccc1. The van der Waals surface area contributed by atoms with Crippen molar-refractivity contribution >= 4 is 0 Å². The molecule has 0 aliphatic rings. The molecule has 0 heterocycles. The van der Waals surface area contributed by atoms with E-state index in [4.69, 9.17) is 4.74 Å². The quantitative estimate of drug-likeness (QED) is 0.674. The fraction of sp³-hybridized carbons (Fsp3) is 0.684. The Morgan fingerprint density at radius 3 is 2.24 bits per heavy atom. The molecule has 0 aliphatic carbocycles. The van der Waals surface area contributed by atoms with Crippen molar-refractivity contribution in [2.24, 2.45) is 0 Å². The molecule has 0 aromatic heterocycles. The van der Waals surface area contributed by atoms with E-state index in [0.29, 0.717) is 0 Å². The van der Waals surface area contributed by atoms with Gasteiger partial charge in [-0.2, -0.15) is 0 Å². The van der Waals surface area contributed by atoms with Crippen LogP contribution in [0.1, 0.15) is 58.9 Å². The van der Waals surface area contributed by atoms with E-state index in [-0.39, 0.29) is 11.0 Å². The molecule has 0 aliphatic heterocycles. The van der Waals surface area contributed by atoms with Gasteiger partial charge in [0.05, 0.1) is 0 Å². The topological polar surface area (TPSA) is 21.3 Å². The molecule has 1 N–H and O–H groups in total. The Labute approximate surface area is 131 Å². The molecule has 2 nitrogen and oxygen atoms in total. The highest BCUT2D eigenvalue weighted by molar-refractivity contribution is 5.26. The Bertz CT molecular complexity index is 382. The summed E-state index contributed by atoms with van der Waals surface area (Å²) in [6.45, 7) is 10.9. The molecule has 2 heteroatoms. The van der Waals surface area contributed by atoms with Crippen molar-refractivity contribution in [2.75, 3.05) is 20.3 Å². The maximum atomic E-state index is 5.19.